The summed E-state index contributed by atoms with van der Waals surface area (Å²) in [5.74, 6) is 2.85. The maximum Gasteiger partial charge on any atom is 0.184 e. The van der Waals surface area contributed by atoms with E-state index in [4.69, 9.17) is 31.2 Å². The van der Waals surface area contributed by atoms with Crippen molar-refractivity contribution >= 4 is 22.9 Å². The molecule has 0 amide bonds. The van der Waals surface area contributed by atoms with Crippen LogP contribution in [0.25, 0.3) is 0 Å². The summed E-state index contributed by atoms with van der Waals surface area (Å²) in [4.78, 5) is 0.455. The largest absolute Gasteiger partial charge is 0.485 e. The number of hydrogen-bond donors (Lipinski definition) is 1. The van der Waals surface area contributed by atoms with Gasteiger partial charge < -0.3 is 18.9 Å². The van der Waals surface area contributed by atoms with Crippen molar-refractivity contribution in [3.05, 3.63) is 48.5 Å². The Morgan fingerprint density at radius 3 is 2.00 bits per heavy atom. The van der Waals surface area contributed by atoms with Crippen molar-refractivity contribution in [1.82, 2.24) is 5.43 Å². The summed E-state index contributed by atoms with van der Waals surface area (Å²) in [6.45, 7) is 2.61. The van der Waals surface area contributed by atoms with Crippen molar-refractivity contribution in [3.8, 4) is 23.0 Å². The Morgan fingerprint density at radius 1 is 0.885 bits per heavy atom. The molecule has 2 aromatic carbocycles. The van der Waals surface area contributed by atoms with Gasteiger partial charge in [-0.05, 0) is 31.2 Å². The number of nitrogens with one attached hydrogen (secondary N) is 1. The first-order valence-electron chi connectivity index (χ1n) is 8.32. The lowest BCUT2D eigenvalue weighted by Crippen LogP contribution is -2.42. The molecule has 0 saturated carbocycles. The van der Waals surface area contributed by atoms with E-state index >= 15 is 0 Å². The fourth-order valence-electron chi connectivity index (χ4n) is 2.66. The third-order valence-corrected chi connectivity index (χ3v) is 4.47. The highest BCUT2D eigenvalue weighted by atomic mass is 32.1. The van der Waals surface area contributed by atoms with Crippen LogP contribution in [0.5, 0.6) is 23.0 Å². The second kappa shape index (κ2) is 7.21. The molecule has 1 N–H and O–H groups in total. The predicted molar refractivity (Wildman–Crippen MR) is 102 cm³/mol. The molecule has 0 bridgehead atoms. The minimum absolute atomic E-state index is 0.274. The highest BCUT2D eigenvalue weighted by Crippen LogP contribution is 2.32. The Bertz CT molecular complexity index is 855. The van der Waals surface area contributed by atoms with Crippen LogP contribution < -0.4 is 24.4 Å². The average molecular weight is 370 g/mol. The van der Waals surface area contributed by atoms with Gasteiger partial charge in [-0.15, -0.1) is 0 Å². The molecule has 0 fully saturated rings. The standard InChI is InChI=1S/C19H18N2O4S/c1-12(17-10-22-13-6-2-4-8-15(13)24-17)20-21-19(26)18-11-23-14-7-3-5-9-16(14)25-18/h2-9,17-18H,10-11H2,1H3,(H,21,26)/b20-12-/t17-,18-/m1/s1. The van der Waals surface area contributed by atoms with Crippen LogP contribution in [-0.4, -0.2) is 36.1 Å². The van der Waals surface area contributed by atoms with E-state index in [1.807, 2.05) is 55.5 Å². The molecule has 2 aliphatic rings. The SMILES string of the molecule is C/C(=N/NC(=S)[C@H]1COc2ccccc2O1)[C@H]1COc2ccccc2O1. The zero-order valence-electron chi connectivity index (χ0n) is 14.2. The normalized spacial score (nSPS) is 21.0. The van der Waals surface area contributed by atoms with Gasteiger partial charge in [-0.2, -0.15) is 5.10 Å². The van der Waals surface area contributed by atoms with Gasteiger partial charge >= 0.3 is 0 Å². The van der Waals surface area contributed by atoms with Crippen LogP contribution in [0, 0.1) is 0 Å². The number of hydrazone groups is 1. The number of fused-ring (bicyclic) bond motifs is 2. The summed E-state index contributed by atoms with van der Waals surface area (Å²) in [6.07, 6.45) is -0.662. The second-order valence-electron chi connectivity index (χ2n) is 5.96. The van der Waals surface area contributed by atoms with E-state index in [9.17, 15) is 0 Å². The van der Waals surface area contributed by atoms with Gasteiger partial charge in [0.2, 0.25) is 0 Å². The molecule has 0 unspecified atom stereocenters. The van der Waals surface area contributed by atoms with Crippen molar-refractivity contribution in [3.63, 3.8) is 0 Å². The third-order valence-electron chi connectivity index (χ3n) is 4.12. The van der Waals surface area contributed by atoms with Crippen LogP contribution in [0.15, 0.2) is 53.6 Å². The molecular formula is C19H18N2O4S. The molecule has 2 atom stereocenters. The van der Waals surface area contributed by atoms with E-state index < -0.39 is 0 Å². The Morgan fingerprint density at radius 2 is 1.38 bits per heavy atom. The zero-order chi connectivity index (χ0) is 17.9. The highest BCUT2D eigenvalue weighted by Gasteiger charge is 2.26. The molecule has 134 valence electrons. The minimum atomic E-state index is -0.388. The Kier molecular flexibility index (Phi) is 4.62. The van der Waals surface area contributed by atoms with Gasteiger partial charge in [-0.25, -0.2) is 0 Å². The van der Waals surface area contributed by atoms with E-state index in [0.29, 0.717) is 29.7 Å². The number of nitrogens with zero attached hydrogens (tertiary/aromatic N) is 1. The first kappa shape index (κ1) is 16.7. The van der Waals surface area contributed by atoms with E-state index in [1.54, 1.807) is 0 Å². The number of hydrogen-bond acceptors (Lipinski definition) is 6. The number of benzene rings is 2. The van der Waals surface area contributed by atoms with Crippen LogP contribution in [0.1, 0.15) is 6.92 Å². The highest BCUT2D eigenvalue weighted by molar-refractivity contribution is 7.80. The summed E-state index contributed by atoms with van der Waals surface area (Å²) >= 11 is 5.39. The van der Waals surface area contributed by atoms with Crippen molar-refractivity contribution in [1.29, 1.82) is 0 Å². The van der Waals surface area contributed by atoms with Crippen molar-refractivity contribution in [2.75, 3.05) is 13.2 Å². The molecule has 0 aliphatic carbocycles. The molecule has 0 spiro atoms. The van der Waals surface area contributed by atoms with Crippen LogP contribution in [0.3, 0.4) is 0 Å². The van der Waals surface area contributed by atoms with E-state index in [0.717, 1.165) is 17.2 Å². The lowest BCUT2D eigenvalue weighted by Gasteiger charge is -2.27. The zero-order valence-corrected chi connectivity index (χ0v) is 15.0. The molecule has 0 aromatic heterocycles. The van der Waals surface area contributed by atoms with E-state index in [2.05, 4.69) is 10.5 Å². The Hall–Kier alpha value is -2.80. The number of thiocarbonyl (C=S) groups is 1. The predicted octanol–water partition coefficient (Wildman–Crippen LogP) is 2.96. The fourth-order valence-corrected chi connectivity index (χ4v) is 2.82. The van der Waals surface area contributed by atoms with Crippen molar-refractivity contribution in [2.24, 2.45) is 5.10 Å². The first-order chi connectivity index (χ1) is 12.7. The molecule has 2 aliphatic heterocycles. The molecule has 0 radical (unpaired) electrons. The molecular weight excluding hydrogens is 352 g/mol. The van der Waals surface area contributed by atoms with Crippen LogP contribution in [-0.2, 0) is 0 Å². The number of ether oxygens (including phenoxy) is 4. The topological polar surface area (TPSA) is 61.3 Å². The van der Waals surface area contributed by atoms with E-state index in [-0.39, 0.29) is 12.2 Å². The molecule has 26 heavy (non-hydrogen) atoms. The van der Waals surface area contributed by atoms with Gasteiger partial charge in [0.15, 0.2) is 35.2 Å². The number of para-hydroxylation sites is 4. The van der Waals surface area contributed by atoms with Gasteiger partial charge in [-0.3, -0.25) is 5.43 Å². The van der Waals surface area contributed by atoms with Gasteiger partial charge in [0, 0.05) is 0 Å². The molecule has 2 aromatic rings. The first-order valence-corrected chi connectivity index (χ1v) is 8.72. The smallest absolute Gasteiger partial charge is 0.184 e. The summed E-state index contributed by atoms with van der Waals surface area (Å²) in [5.41, 5.74) is 3.62. The van der Waals surface area contributed by atoms with Crippen molar-refractivity contribution < 1.29 is 18.9 Å². The Labute approximate surface area is 156 Å². The van der Waals surface area contributed by atoms with Gasteiger partial charge in [0.05, 0.1) is 5.71 Å². The summed E-state index contributed by atoms with van der Waals surface area (Å²) in [6, 6.07) is 15.1. The number of rotatable bonds is 3. The van der Waals surface area contributed by atoms with Gasteiger partial charge in [0.25, 0.3) is 0 Å². The average Bonchev–Trinajstić information content (AvgIpc) is 2.71. The molecule has 4 rings (SSSR count). The summed E-state index contributed by atoms with van der Waals surface area (Å²) in [5, 5.41) is 4.34. The van der Waals surface area contributed by atoms with Gasteiger partial charge in [-0.1, -0.05) is 36.5 Å². The molecule has 7 heteroatoms. The summed E-state index contributed by atoms with van der Waals surface area (Å²) < 4.78 is 23.2. The minimum Gasteiger partial charge on any atom is -0.485 e. The van der Waals surface area contributed by atoms with Gasteiger partial charge in [0.1, 0.15) is 18.2 Å². The second-order valence-corrected chi connectivity index (χ2v) is 6.40. The third kappa shape index (κ3) is 3.43. The van der Waals surface area contributed by atoms with Crippen LogP contribution in [0.4, 0.5) is 0 Å². The summed E-state index contributed by atoms with van der Waals surface area (Å²) in [7, 11) is 0. The fraction of sp³-hybridized carbons (Fsp3) is 0.263. The molecule has 2 heterocycles. The van der Waals surface area contributed by atoms with E-state index in [1.165, 1.54) is 0 Å². The lowest BCUT2D eigenvalue weighted by atomic mass is 10.2. The maximum absolute atomic E-state index is 5.92. The van der Waals surface area contributed by atoms with Crippen molar-refractivity contribution in [2.45, 2.75) is 19.1 Å². The molecule has 6 nitrogen and oxygen atoms in total. The lowest BCUT2D eigenvalue weighted by molar-refractivity contribution is 0.132. The monoisotopic (exact) mass is 370 g/mol. The van der Waals surface area contributed by atoms with Crippen LogP contribution in [0.2, 0.25) is 0 Å². The molecule has 0 saturated heterocycles. The Balaban J connectivity index is 1.37. The quantitative estimate of drug-likeness (QED) is 0.509. The maximum atomic E-state index is 5.92. The van der Waals surface area contributed by atoms with Crippen LogP contribution >= 0.6 is 12.2 Å².